The van der Waals surface area contributed by atoms with Crippen molar-refractivity contribution in [2.75, 3.05) is 40.6 Å². The molecule has 0 fully saturated rings. The molecule has 6 heteroatoms. The molecule has 0 aliphatic rings. The molecule has 0 saturated heterocycles. The second kappa shape index (κ2) is 19.4. The fourth-order valence-corrected chi connectivity index (χ4v) is 3.70. The summed E-state index contributed by atoms with van der Waals surface area (Å²) in [7, 11) is 3.92. The number of rotatable bonds is 20. The lowest BCUT2D eigenvalue weighted by atomic mass is 10.1. The number of benzene rings is 1. The minimum atomic E-state index is -0.381. The molecular weight excluding hydrogens is 428 g/mol. The summed E-state index contributed by atoms with van der Waals surface area (Å²) in [4.78, 5) is 28.6. The van der Waals surface area contributed by atoms with Crippen molar-refractivity contribution < 1.29 is 19.1 Å². The maximum atomic E-state index is 12.3. The highest BCUT2D eigenvalue weighted by Gasteiger charge is 2.12. The van der Waals surface area contributed by atoms with Gasteiger partial charge in [-0.25, -0.2) is 9.59 Å². The van der Waals surface area contributed by atoms with Gasteiger partial charge in [0.1, 0.15) is 13.5 Å². The van der Waals surface area contributed by atoms with Gasteiger partial charge in [0.25, 0.3) is 0 Å². The first-order chi connectivity index (χ1) is 16.5. The second-order valence-electron chi connectivity index (χ2n) is 9.39. The van der Waals surface area contributed by atoms with Gasteiger partial charge in [-0.15, -0.1) is 0 Å². The molecule has 0 bridgehead atoms. The van der Waals surface area contributed by atoms with Crippen molar-refractivity contribution in [1.82, 2.24) is 9.80 Å². The molecule has 0 spiro atoms. The highest BCUT2D eigenvalue weighted by Crippen LogP contribution is 2.10. The van der Waals surface area contributed by atoms with Gasteiger partial charge in [-0.05, 0) is 51.2 Å². The second-order valence-corrected chi connectivity index (χ2v) is 9.39. The van der Waals surface area contributed by atoms with Crippen molar-refractivity contribution in [2.45, 2.75) is 90.9 Å². The molecule has 0 unspecified atom stereocenters. The van der Waals surface area contributed by atoms with Crippen LogP contribution >= 0.6 is 0 Å². The van der Waals surface area contributed by atoms with E-state index in [1.165, 1.54) is 64.2 Å². The van der Waals surface area contributed by atoms with E-state index in [0.717, 1.165) is 25.9 Å². The van der Waals surface area contributed by atoms with Crippen LogP contribution in [0.2, 0.25) is 0 Å². The smallest absolute Gasteiger partial charge is 0.339 e. The summed E-state index contributed by atoms with van der Waals surface area (Å²) in [6.07, 6.45) is 14.9. The Kier molecular flexibility index (Phi) is 17.2. The van der Waals surface area contributed by atoms with Gasteiger partial charge >= 0.3 is 11.9 Å². The van der Waals surface area contributed by atoms with Gasteiger partial charge in [0.15, 0.2) is 0 Å². The van der Waals surface area contributed by atoms with E-state index in [9.17, 15) is 9.59 Å². The lowest BCUT2D eigenvalue weighted by molar-refractivity contribution is 0.0258. The van der Waals surface area contributed by atoms with Crippen LogP contribution in [0.4, 0.5) is 0 Å². The Morgan fingerprint density at radius 3 is 1.26 bits per heavy atom. The van der Waals surface area contributed by atoms with Crippen molar-refractivity contribution in [3.8, 4) is 0 Å². The van der Waals surface area contributed by atoms with Gasteiger partial charge in [0, 0.05) is 13.1 Å². The van der Waals surface area contributed by atoms with E-state index in [-0.39, 0.29) is 25.4 Å². The summed E-state index contributed by atoms with van der Waals surface area (Å²) in [5, 5.41) is 0. The quantitative estimate of drug-likeness (QED) is 0.122. The lowest BCUT2D eigenvalue weighted by Gasteiger charge is -2.17. The van der Waals surface area contributed by atoms with E-state index in [1.54, 1.807) is 24.3 Å². The average Bonchev–Trinajstić information content (AvgIpc) is 2.85. The highest BCUT2D eigenvalue weighted by molar-refractivity contribution is 5.93. The van der Waals surface area contributed by atoms with E-state index in [4.69, 9.17) is 9.47 Å². The maximum absolute atomic E-state index is 12.3. The van der Waals surface area contributed by atoms with Gasteiger partial charge in [-0.3, -0.25) is 9.80 Å². The topological polar surface area (TPSA) is 59.1 Å². The molecule has 0 N–H and O–H groups in total. The first kappa shape index (κ1) is 30.1. The Morgan fingerprint density at radius 1 is 0.588 bits per heavy atom. The number of esters is 2. The summed E-state index contributed by atoms with van der Waals surface area (Å²) < 4.78 is 10.8. The van der Waals surface area contributed by atoms with Gasteiger partial charge in [0.05, 0.1) is 11.1 Å². The number of nitrogens with zero attached hydrogens (tertiary/aromatic N) is 2. The number of ether oxygens (including phenoxy) is 2. The van der Waals surface area contributed by atoms with Crippen LogP contribution in [0.5, 0.6) is 0 Å². The molecule has 34 heavy (non-hydrogen) atoms. The molecule has 0 aliphatic carbocycles. The van der Waals surface area contributed by atoms with Gasteiger partial charge in [-0.2, -0.15) is 0 Å². The van der Waals surface area contributed by atoms with E-state index >= 15 is 0 Å². The molecule has 1 rings (SSSR count). The van der Waals surface area contributed by atoms with Gasteiger partial charge in [0.2, 0.25) is 0 Å². The van der Waals surface area contributed by atoms with Crippen molar-refractivity contribution >= 4 is 11.9 Å². The van der Waals surface area contributed by atoms with Crippen LogP contribution in [0.25, 0.3) is 0 Å². The summed E-state index contributed by atoms with van der Waals surface area (Å²) >= 11 is 0. The zero-order valence-corrected chi connectivity index (χ0v) is 22.2. The zero-order chi connectivity index (χ0) is 25.0. The van der Waals surface area contributed by atoms with E-state index < -0.39 is 0 Å². The van der Waals surface area contributed by atoms with Crippen LogP contribution < -0.4 is 0 Å². The molecule has 1 aromatic rings. The molecule has 0 amide bonds. The standard InChI is InChI=1S/C28H48N2O4/c1-5-7-9-11-13-15-21-29(3)23-33-27(31)25-17-19-26(20-18-25)28(32)34-24-30(4)22-16-14-12-10-8-6-2/h17-20H,5-16,21-24H2,1-4H3. The van der Waals surface area contributed by atoms with Crippen molar-refractivity contribution in [1.29, 1.82) is 0 Å². The molecule has 0 aromatic heterocycles. The molecule has 1 aromatic carbocycles. The van der Waals surface area contributed by atoms with Crippen LogP contribution in [0.1, 0.15) is 112 Å². The molecule has 0 radical (unpaired) electrons. The summed E-state index contributed by atoms with van der Waals surface area (Å²) in [6, 6.07) is 6.47. The van der Waals surface area contributed by atoms with Crippen LogP contribution in [-0.2, 0) is 9.47 Å². The predicted molar refractivity (Wildman–Crippen MR) is 139 cm³/mol. The van der Waals surface area contributed by atoms with Gasteiger partial charge < -0.3 is 9.47 Å². The number of hydrogen-bond acceptors (Lipinski definition) is 6. The van der Waals surface area contributed by atoms with E-state index in [1.807, 2.05) is 23.9 Å². The van der Waals surface area contributed by atoms with Crippen molar-refractivity contribution in [2.24, 2.45) is 0 Å². The zero-order valence-electron chi connectivity index (χ0n) is 22.2. The third kappa shape index (κ3) is 14.4. The summed E-state index contributed by atoms with van der Waals surface area (Å²) in [6.45, 7) is 6.80. The number of hydrogen-bond donors (Lipinski definition) is 0. The molecule has 6 nitrogen and oxygen atoms in total. The SMILES string of the molecule is CCCCCCCCN(C)COC(=O)c1ccc(C(=O)OCN(C)CCCCCCCC)cc1. The molecule has 0 aliphatic heterocycles. The van der Waals surface area contributed by atoms with Crippen LogP contribution in [0, 0.1) is 0 Å². The Labute approximate surface area is 208 Å². The molecule has 0 saturated carbocycles. The molecule has 194 valence electrons. The maximum Gasteiger partial charge on any atom is 0.339 e. The minimum absolute atomic E-state index is 0.266. The number of unbranched alkanes of at least 4 members (excludes halogenated alkanes) is 10. The lowest BCUT2D eigenvalue weighted by Crippen LogP contribution is -2.25. The molecular formula is C28H48N2O4. The summed E-state index contributed by atoms with van der Waals surface area (Å²) in [5.74, 6) is -0.762. The van der Waals surface area contributed by atoms with Crippen LogP contribution in [0.3, 0.4) is 0 Å². The Balaban J connectivity index is 2.25. The average molecular weight is 477 g/mol. The molecule has 0 atom stereocenters. The third-order valence-electron chi connectivity index (χ3n) is 5.98. The minimum Gasteiger partial charge on any atom is -0.446 e. The number of carbonyl (C=O) groups excluding carboxylic acids is 2. The molecule has 0 heterocycles. The Bertz CT molecular complexity index is 606. The normalized spacial score (nSPS) is 11.2. The third-order valence-corrected chi connectivity index (χ3v) is 5.98. The van der Waals surface area contributed by atoms with E-state index in [2.05, 4.69) is 13.8 Å². The Morgan fingerprint density at radius 2 is 0.912 bits per heavy atom. The van der Waals surface area contributed by atoms with Crippen LogP contribution in [0.15, 0.2) is 24.3 Å². The largest absolute Gasteiger partial charge is 0.446 e. The van der Waals surface area contributed by atoms with Crippen LogP contribution in [-0.4, -0.2) is 62.4 Å². The Hall–Kier alpha value is -1.92. The first-order valence-electron chi connectivity index (χ1n) is 13.3. The van der Waals surface area contributed by atoms with Crippen molar-refractivity contribution in [3.05, 3.63) is 35.4 Å². The monoisotopic (exact) mass is 476 g/mol. The van der Waals surface area contributed by atoms with E-state index in [0.29, 0.717) is 11.1 Å². The first-order valence-corrected chi connectivity index (χ1v) is 13.3. The fourth-order valence-electron chi connectivity index (χ4n) is 3.70. The van der Waals surface area contributed by atoms with Crippen molar-refractivity contribution in [3.63, 3.8) is 0 Å². The predicted octanol–water partition coefficient (Wildman–Crippen LogP) is 6.50. The van der Waals surface area contributed by atoms with Gasteiger partial charge in [-0.1, -0.05) is 78.1 Å². The summed E-state index contributed by atoms with van der Waals surface area (Å²) in [5.41, 5.74) is 0.870. The number of carbonyl (C=O) groups is 2. The highest BCUT2D eigenvalue weighted by atomic mass is 16.5. The fraction of sp³-hybridized carbons (Fsp3) is 0.714.